The smallest absolute Gasteiger partial charge is 0.318 e. The molecule has 4 N–H and O–H groups in total. The van der Waals surface area contributed by atoms with Gasteiger partial charge in [0.1, 0.15) is 11.9 Å². The number of hydrogen-bond donors (Lipinski definition) is 4. The number of hydrogen-bond acceptors (Lipinski definition) is 5. The van der Waals surface area contributed by atoms with Crippen LogP contribution in [-0.2, 0) is 24.3 Å². The van der Waals surface area contributed by atoms with Gasteiger partial charge in [-0.25, -0.2) is 9.18 Å². The van der Waals surface area contributed by atoms with E-state index in [-0.39, 0.29) is 37.4 Å². The van der Waals surface area contributed by atoms with E-state index in [2.05, 4.69) is 22.0 Å². The summed E-state index contributed by atoms with van der Waals surface area (Å²) in [7, 11) is 3.98. The molecule has 206 valence electrons. The lowest BCUT2D eigenvalue weighted by Crippen LogP contribution is -2.53. The SMILES string of the molecule is CN(C)c1cccc(CNC[C@@H](O)[C@H](Cc2ccccc2)NC(=O)[C@@H]2CN(Cc3ccc(F)cc3)C(=O)N2)c1. The van der Waals surface area contributed by atoms with Crippen LogP contribution in [0.15, 0.2) is 78.9 Å². The molecule has 39 heavy (non-hydrogen) atoms. The maximum absolute atomic E-state index is 13.2. The normalized spacial score (nSPS) is 16.5. The van der Waals surface area contributed by atoms with Crippen LogP contribution in [0, 0.1) is 5.82 Å². The van der Waals surface area contributed by atoms with Crippen molar-refractivity contribution in [1.82, 2.24) is 20.9 Å². The van der Waals surface area contributed by atoms with Gasteiger partial charge in [0.15, 0.2) is 0 Å². The third-order valence-electron chi connectivity index (χ3n) is 6.79. The number of carbonyl (C=O) groups is 2. The van der Waals surface area contributed by atoms with Gasteiger partial charge in [-0.15, -0.1) is 0 Å². The van der Waals surface area contributed by atoms with Gasteiger partial charge in [0.05, 0.1) is 18.7 Å². The van der Waals surface area contributed by atoms with E-state index in [0.29, 0.717) is 13.0 Å². The van der Waals surface area contributed by atoms with E-state index in [1.54, 1.807) is 12.1 Å². The number of urea groups is 1. The molecule has 4 rings (SSSR count). The summed E-state index contributed by atoms with van der Waals surface area (Å²) in [6.07, 6.45) is -0.426. The van der Waals surface area contributed by atoms with Crippen LogP contribution in [0.25, 0.3) is 0 Å². The summed E-state index contributed by atoms with van der Waals surface area (Å²) in [5.74, 6) is -0.704. The number of anilines is 1. The van der Waals surface area contributed by atoms with Crippen LogP contribution in [0.1, 0.15) is 16.7 Å². The van der Waals surface area contributed by atoms with Crippen molar-refractivity contribution in [3.05, 3.63) is 101 Å². The zero-order valence-corrected chi connectivity index (χ0v) is 22.3. The van der Waals surface area contributed by atoms with E-state index < -0.39 is 18.2 Å². The Morgan fingerprint density at radius 2 is 1.77 bits per heavy atom. The summed E-state index contributed by atoms with van der Waals surface area (Å²) in [5.41, 5.74) is 3.93. The second-order valence-electron chi connectivity index (χ2n) is 10.1. The Bertz CT molecular complexity index is 1240. The van der Waals surface area contributed by atoms with E-state index in [1.807, 2.05) is 67.5 Å². The average Bonchev–Trinajstić information content (AvgIpc) is 3.30. The molecule has 0 spiro atoms. The third-order valence-corrected chi connectivity index (χ3v) is 6.79. The molecule has 1 heterocycles. The molecule has 0 saturated carbocycles. The predicted octanol–water partition coefficient (Wildman–Crippen LogP) is 2.66. The van der Waals surface area contributed by atoms with Crippen molar-refractivity contribution < 1.29 is 19.1 Å². The maximum Gasteiger partial charge on any atom is 0.318 e. The first-order valence-corrected chi connectivity index (χ1v) is 13.1. The van der Waals surface area contributed by atoms with Gasteiger partial charge >= 0.3 is 6.03 Å². The molecule has 3 aromatic carbocycles. The largest absolute Gasteiger partial charge is 0.390 e. The number of amides is 3. The van der Waals surface area contributed by atoms with Gasteiger partial charge in [-0.05, 0) is 47.4 Å². The van der Waals surface area contributed by atoms with Gasteiger partial charge < -0.3 is 30.9 Å². The second kappa shape index (κ2) is 13.2. The van der Waals surface area contributed by atoms with Gasteiger partial charge in [0.2, 0.25) is 5.91 Å². The van der Waals surface area contributed by atoms with Gasteiger partial charge in [-0.1, -0.05) is 54.6 Å². The number of benzene rings is 3. The quantitative estimate of drug-likeness (QED) is 0.287. The summed E-state index contributed by atoms with van der Waals surface area (Å²) < 4.78 is 13.2. The fraction of sp³-hybridized carbons (Fsp3) is 0.333. The first kappa shape index (κ1) is 28.1. The summed E-state index contributed by atoms with van der Waals surface area (Å²) in [4.78, 5) is 29.3. The van der Waals surface area contributed by atoms with Gasteiger partial charge in [0, 0.05) is 39.4 Å². The highest BCUT2D eigenvalue weighted by Crippen LogP contribution is 2.15. The number of carbonyl (C=O) groups excluding carboxylic acids is 2. The fourth-order valence-electron chi connectivity index (χ4n) is 4.57. The molecule has 1 aliphatic rings. The molecule has 0 aliphatic carbocycles. The zero-order valence-electron chi connectivity index (χ0n) is 22.3. The van der Waals surface area contributed by atoms with Crippen molar-refractivity contribution in [3.8, 4) is 0 Å². The van der Waals surface area contributed by atoms with Crippen LogP contribution in [0.4, 0.5) is 14.9 Å². The van der Waals surface area contributed by atoms with Crippen LogP contribution in [-0.4, -0.2) is 67.3 Å². The number of aliphatic hydroxyl groups excluding tert-OH is 1. The molecular weight excluding hydrogens is 497 g/mol. The number of nitrogens with one attached hydrogen (secondary N) is 3. The lowest BCUT2D eigenvalue weighted by Gasteiger charge is -2.26. The lowest BCUT2D eigenvalue weighted by molar-refractivity contribution is -0.124. The van der Waals surface area contributed by atoms with Crippen molar-refractivity contribution in [1.29, 1.82) is 0 Å². The Morgan fingerprint density at radius 1 is 1.05 bits per heavy atom. The molecule has 3 amide bonds. The summed E-state index contributed by atoms with van der Waals surface area (Å²) >= 11 is 0. The fourth-order valence-corrected chi connectivity index (χ4v) is 4.57. The summed E-state index contributed by atoms with van der Waals surface area (Å²) in [5, 5.41) is 20.1. The molecule has 3 atom stereocenters. The highest BCUT2D eigenvalue weighted by Gasteiger charge is 2.35. The van der Waals surface area contributed by atoms with Crippen molar-refractivity contribution in [2.75, 3.05) is 32.1 Å². The van der Waals surface area contributed by atoms with Crippen molar-refractivity contribution in [3.63, 3.8) is 0 Å². The Hall–Kier alpha value is -3.95. The summed E-state index contributed by atoms with van der Waals surface area (Å²) in [6, 6.07) is 22.0. The highest BCUT2D eigenvalue weighted by atomic mass is 19.1. The molecular formula is C30H36FN5O3. The summed E-state index contributed by atoms with van der Waals surface area (Å²) in [6.45, 7) is 1.29. The molecule has 0 unspecified atom stereocenters. The third kappa shape index (κ3) is 8.02. The van der Waals surface area contributed by atoms with E-state index in [1.165, 1.54) is 17.0 Å². The van der Waals surface area contributed by atoms with Gasteiger partial charge in [0.25, 0.3) is 0 Å². The van der Waals surface area contributed by atoms with Crippen LogP contribution in [0.5, 0.6) is 0 Å². The van der Waals surface area contributed by atoms with E-state index >= 15 is 0 Å². The molecule has 8 nitrogen and oxygen atoms in total. The molecule has 9 heteroatoms. The Kier molecular flexibility index (Phi) is 9.51. The first-order chi connectivity index (χ1) is 18.8. The first-order valence-electron chi connectivity index (χ1n) is 13.1. The molecule has 0 radical (unpaired) electrons. The molecule has 1 aliphatic heterocycles. The van der Waals surface area contributed by atoms with Gasteiger partial charge in [-0.2, -0.15) is 0 Å². The molecule has 1 saturated heterocycles. The predicted molar refractivity (Wildman–Crippen MR) is 150 cm³/mol. The van der Waals surface area contributed by atoms with Crippen LogP contribution >= 0.6 is 0 Å². The van der Waals surface area contributed by atoms with Crippen LogP contribution in [0.2, 0.25) is 0 Å². The van der Waals surface area contributed by atoms with Crippen molar-refractivity contribution in [2.45, 2.75) is 37.7 Å². The Labute approximate surface area is 228 Å². The molecule has 0 bridgehead atoms. The molecule has 1 fully saturated rings. The van der Waals surface area contributed by atoms with Crippen LogP contribution < -0.4 is 20.9 Å². The minimum atomic E-state index is -0.862. The lowest BCUT2D eigenvalue weighted by atomic mass is 10.0. The van der Waals surface area contributed by atoms with E-state index in [9.17, 15) is 19.1 Å². The average molecular weight is 534 g/mol. The van der Waals surface area contributed by atoms with Crippen molar-refractivity contribution in [2.24, 2.45) is 0 Å². The topological polar surface area (TPSA) is 96.9 Å². The second-order valence-corrected chi connectivity index (χ2v) is 10.1. The Morgan fingerprint density at radius 3 is 2.49 bits per heavy atom. The minimum absolute atomic E-state index is 0.177. The number of halogens is 1. The highest BCUT2D eigenvalue weighted by molar-refractivity contribution is 5.90. The molecule has 0 aromatic heterocycles. The minimum Gasteiger partial charge on any atom is -0.390 e. The Balaban J connectivity index is 1.36. The van der Waals surface area contributed by atoms with E-state index in [4.69, 9.17) is 0 Å². The number of nitrogens with zero attached hydrogens (tertiary/aromatic N) is 2. The van der Waals surface area contributed by atoms with Gasteiger partial charge in [-0.3, -0.25) is 4.79 Å². The van der Waals surface area contributed by atoms with Crippen molar-refractivity contribution >= 4 is 17.6 Å². The van der Waals surface area contributed by atoms with Crippen LogP contribution in [0.3, 0.4) is 0 Å². The standard InChI is InChI=1S/C30H36FN5O3/c1-35(2)25-10-6-9-23(15-25)17-32-18-28(37)26(16-21-7-4-3-5-8-21)33-29(38)27-20-36(30(39)34-27)19-22-11-13-24(31)14-12-22/h3-15,26-28,32,37H,16-20H2,1-2H3,(H,33,38)(H,34,39)/t26-,27-,28+/m0/s1. The molecule has 3 aromatic rings. The maximum atomic E-state index is 13.2. The van der Waals surface area contributed by atoms with E-state index in [0.717, 1.165) is 22.4 Å². The number of rotatable bonds is 12. The monoisotopic (exact) mass is 533 g/mol. The number of aliphatic hydroxyl groups is 1. The zero-order chi connectivity index (χ0) is 27.8.